The Morgan fingerprint density at radius 1 is 1.06 bits per heavy atom. The standard InChI is InChI=1S/C16H15NO/c1-11-4-5-14(10-17)15(8-11)13-6-7-16(18-3)12(2)9-13/h4-9H,1-3H3. The number of benzene rings is 2. The number of nitrogens with zero attached hydrogens (tertiary/aromatic N) is 1. The summed E-state index contributed by atoms with van der Waals surface area (Å²) in [5, 5.41) is 9.17. The number of hydrogen-bond donors (Lipinski definition) is 0. The molecule has 0 N–H and O–H groups in total. The van der Waals surface area contributed by atoms with E-state index in [4.69, 9.17) is 10.00 Å². The Labute approximate surface area is 107 Å². The van der Waals surface area contributed by atoms with E-state index in [1.54, 1.807) is 7.11 Å². The summed E-state index contributed by atoms with van der Waals surface area (Å²) in [4.78, 5) is 0. The van der Waals surface area contributed by atoms with E-state index in [1.807, 2.05) is 44.2 Å². The van der Waals surface area contributed by atoms with Crippen LogP contribution in [0, 0.1) is 25.2 Å². The molecule has 18 heavy (non-hydrogen) atoms. The number of rotatable bonds is 2. The molecular weight excluding hydrogens is 222 g/mol. The second-order valence-electron chi connectivity index (χ2n) is 4.35. The van der Waals surface area contributed by atoms with Crippen molar-refractivity contribution in [2.24, 2.45) is 0 Å². The van der Waals surface area contributed by atoms with Gasteiger partial charge in [0, 0.05) is 0 Å². The molecule has 0 aromatic heterocycles. The lowest BCUT2D eigenvalue weighted by Crippen LogP contribution is -1.90. The highest BCUT2D eigenvalue weighted by Crippen LogP contribution is 2.28. The van der Waals surface area contributed by atoms with Gasteiger partial charge in [-0.05, 0) is 48.7 Å². The monoisotopic (exact) mass is 237 g/mol. The lowest BCUT2D eigenvalue weighted by Gasteiger charge is -2.09. The number of nitriles is 1. The minimum Gasteiger partial charge on any atom is -0.496 e. The first kappa shape index (κ1) is 12.2. The molecule has 2 heteroatoms. The van der Waals surface area contributed by atoms with Crippen LogP contribution in [0.25, 0.3) is 11.1 Å². The largest absolute Gasteiger partial charge is 0.496 e. The van der Waals surface area contributed by atoms with Crippen molar-refractivity contribution in [2.45, 2.75) is 13.8 Å². The van der Waals surface area contributed by atoms with E-state index in [1.165, 1.54) is 0 Å². The van der Waals surface area contributed by atoms with Crippen LogP contribution in [-0.4, -0.2) is 7.11 Å². The van der Waals surface area contributed by atoms with Gasteiger partial charge in [-0.2, -0.15) is 5.26 Å². The Kier molecular flexibility index (Phi) is 3.34. The highest BCUT2D eigenvalue weighted by Gasteiger charge is 2.07. The molecule has 2 rings (SSSR count). The smallest absolute Gasteiger partial charge is 0.121 e. The molecule has 0 heterocycles. The van der Waals surface area contributed by atoms with E-state index in [9.17, 15) is 0 Å². The van der Waals surface area contributed by atoms with Crippen molar-refractivity contribution in [1.82, 2.24) is 0 Å². The fraction of sp³-hybridized carbons (Fsp3) is 0.188. The molecule has 2 aromatic carbocycles. The summed E-state index contributed by atoms with van der Waals surface area (Å²) in [6.07, 6.45) is 0. The van der Waals surface area contributed by atoms with Gasteiger partial charge in [0.1, 0.15) is 5.75 Å². The van der Waals surface area contributed by atoms with Crippen molar-refractivity contribution >= 4 is 0 Å². The molecule has 0 aliphatic rings. The average molecular weight is 237 g/mol. The third-order valence-corrected chi connectivity index (χ3v) is 3.00. The fourth-order valence-electron chi connectivity index (χ4n) is 2.04. The van der Waals surface area contributed by atoms with E-state index >= 15 is 0 Å². The van der Waals surface area contributed by atoms with Crippen LogP contribution in [0.3, 0.4) is 0 Å². The van der Waals surface area contributed by atoms with Crippen LogP contribution >= 0.6 is 0 Å². The summed E-state index contributed by atoms with van der Waals surface area (Å²) < 4.78 is 5.25. The van der Waals surface area contributed by atoms with E-state index in [-0.39, 0.29) is 0 Å². The predicted molar refractivity (Wildman–Crippen MR) is 72.6 cm³/mol. The zero-order valence-corrected chi connectivity index (χ0v) is 10.8. The van der Waals surface area contributed by atoms with Gasteiger partial charge in [-0.15, -0.1) is 0 Å². The Bertz CT molecular complexity index is 623. The topological polar surface area (TPSA) is 33.0 Å². The van der Waals surface area contributed by atoms with Gasteiger partial charge in [-0.3, -0.25) is 0 Å². The molecule has 0 bridgehead atoms. The van der Waals surface area contributed by atoms with Crippen LogP contribution in [0.4, 0.5) is 0 Å². The minimum atomic E-state index is 0.699. The van der Waals surface area contributed by atoms with Crippen molar-refractivity contribution in [2.75, 3.05) is 7.11 Å². The molecule has 0 aliphatic heterocycles. The highest BCUT2D eigenvalue weighted by atomic mass is 16.5. The van der Waals surface area contributed by atoms with Crippen molar-refractivity contribution in [3.8, 4) is 22.9 Å². The molecule has 0 unspecified atom stereocenters. The van der Waals surface area contributed by atoms with Gasteiger partial charge < -0.3 is 4.74 Å². The molecule has 0 aliphatic carbocycles. The van der Waals surface area contributed by atoms with Gasteiger partial charge in [0.15, 0.2) is 0 Å². The third-order valence-electron chi connectivity index (χ3n) is 3.00. The molecule has 0 saturated carbocycles. The lowest BCUT2D eigenvalue weighted by molar-refractivity contribution is 0.412. The molecule has 2 aromatic rings. The zero-order valence-electron chi connectivity index (χ0n) is 10.8. The maximum atomic E-state index is 9.17. The molecule has 0 fully saturated rings. The number of hydrogen-bond acceptors (Lipinski definition) is 2. The fourth-order valence-corrected chi connectivity index (χ4v) is 2.04. The summed E-state index contributed by atoms with van der Waals surface area (Å²) in [6, 6.07) is 14.1. The van der Waals surface area contributed by atoms with Crippen molar-refractivity contribution in [3.63, 3.8) is 0 Å². The Balaban J connectivity index is 2.59. The average Bonchev–Trinajstić information content (AvgIpc) is 2.38. The summed E-state index contributed by atoms with van der Waals surface area (Å²) in [5.74, 6) is 0.866. The molecule has 0 atom stereocenters. The quantitative estimate of drug-likeness (QED) is 0.794. The molecule has 2 nitrogen and oxygen atoms in total. The van der Waals surface area contributed by atoms with Crippen LogP contribution < -0.4 is 4.74 Å². The molecular formula is C16H15NO. The summed E-state index contributed by atoms with van der Waals surface area (Å²) in [7, 11) is 1.66. The predicted octanol–water partition coefficient (Wildman–Crippen LogP) is 3.85. The number of aryl methyl sites for hydroxylation is 2. The van der Waals surface area contributed by atoms with Gasteiger partial charge in [-0.25, -0.2) is 0 Å². The minimum absolute atomic E-state index is 0.699. The van der Waals surface area contributed by atoms with Gasteiger partial charge in [0.25, 0.3) is 0 Å². The van der Waals surface area contributed by atoms with E-state index in [2.05, 4.69) is 12.1 Å². The van der Waals surface area contributed by atoms with Crippen LogP contribution in [0.1, 0.15) is 16.7 Å². The maximum Gasteiger partial charge on any atom is 0.121 e. The lowest BCUT2D eigenvalue weighted by atomic mass is 9.97. The Morgan fingerprint density at radius 3 is 2.44 bits per heavy atom. The van der Waals surface area contributed by atoms with E-state index in [0.717, 1.165) is 28.0 Å². The van der Waals surface area contributed by atoms with E-state index < -0.39 is 0 Å². The van der Waals surface area contributed by atoms with Crippen molar-refractivity contribution in [1.29, 1.82) is 5.26 Å². The van der Waals surface area contributed by atoms with Gasteiger partial charge in [-0.1, -0.05) is 23.8 Å². The van der Waals surface area contributed by atoms with Crippen molar-refractivity contribution < 1.29 is 4.74 Å². The number of methoxy groups -OCH3 is 1. The second-order valence-corrected chi connectivity index (χ2v) is 4.35. The summed E-state index contributed by atoms with van der Waals surface area (Å²) >= 11 is 0. The first-order valence-corrected chi connectivity index (χ1v) is 5.81. The SMILES string of the molecule is COc1ccc(-c2cc(C)ccc2C#N)cc1C. The Morgan fingerprint density at radius 2 is 1.83 bits per heavy atom. The van der Waals surface area contributed by atoms with Gasteiger partial charge in [0.2, 0.25) is 0 Å². The molecule has 0 radical (unpaired) electrons. The summed E-state index contributed by atoms with van der Waals surface area (Å²) in [6.45, 7) is 4.03. The summed E-state index contributed by atoms with van der Waals surface area (Å²) in [5.41, 5.74) is 4.94. The highest BCUT2D eigenvalue weighted by molar-refractivity contribution is 5.72. The second kappa shape index (κ2) is 4.93. The number of ether oxygens (including phenoxy) is 1. The first-order valence-electron chi connectivity index (χ1n) is 5.81. The van der Waals surface area contributed by atoms with Crippen LogP contribution in [0.5, 0.6) is 5.75 Å². The van der Waals surface area contributed by atoms with Crippen LogP contribution in [0.2, 0.25) is 0 Å². The normalized spacial score (nSPS) is 9.89. The Hall–Kier alpha value is -2.27. The van der Waals surface area contributed by atoms with Crippen molar-refractivity contribution in [3.05, 3.63) is 53.1 Å². The molecule has 0 saturated heterocycles. The first-order chi connectivity index (χ1) is 8.65. The van der Waals surface area contributed by atoms with Crippen LogP contribution in [0.15, 0.2) is 36.4 Å². The van der Waals surface area contributed by atoms with Gasteiger partial charge >= 0.3 is 0 Å². The molecule has 90 valence electrons. The van der Waals surface area contributed by atoms with E-state index in [0.29, 0.717) is 5.56 Å². The molecule has 0 amide bonds. The third kappa shape index (κ3) is 2.21. The zero-order chi connectivity index (χ0) is 13.1. The van der Waals surface area contributed by atoms with Gasteiger partial charge in [0.05, 0.1) is 18.7 Å². The maximum absolute atomic E-state index is 9.17. The molecule has 0 spiro atoms. The van der Waals surface area contributed by atoms with Crippen LogP contribution in [-0.2, 0) is 0 Å².